The third-order valence-electron chi connectivity index (χ3n) is 5.35. The molecule has 9 heteroatoms. The number of ether oxygens (including phenoxy) is 1. The number of nitrogens with one attached hydrogen (secondary N) is 1. The van der Waals surface area contributed by atoms with Crippen LogP contribution in [-0.2, 0) is 11.3 Å². The maximum atomic E-state index is 12.7. The van der Waals surface area contributed by atoms with Crippen molar-refractivity contribution in [2.24, 2.45) is 4.99 Å². The Morgan fingerprint density at radius 1 is 1.16 bits per heavy atom. The Kier molecular flexibility index (Phi) is 8.65. The Bertz CT molecular complexity index is 883. The zero-order valence-corrected chi connectivity index (χ0v) is 19.2. The number of aromatic nitrogens is 2. The van der Waals surface area contributed by atoms with Gasteiger partial charge in [0.25, 0.3) is 0 Å². The summed E-state index contributed by atoms with van der Waals surface area (Å²) in [4.78, 5) is 32.0. The van der Waals surface area contributed by atoms with E-state index in [9.17, 15) is 4.79 Å². The molecule has 1 fully saturated rings. The SMILES string of the molecule is CCNC(=NCCC(=O)N1CCN(c2ncccn2)CC1)N(C)Cc1ccccc1OC. The van der Waals surface area contributed by atoms with Gasteiger partial charge in [0.1, 0.15) is 5.75 Å². The molecule has 1 amide bonds. The maximum Gasteiger partial charge on any atom is 0.225 e. The number of rotatable bonds is 8. The van der Waals surface area contributed by atoms with Gasteiger partial charge in [0.2, 0.25) is 11.9 Å². The van der Waals surface area contributed by atoms with Crippen LogP contribution in [0.4, 0.5) is 5.95 Å². The fraction of sp³-hybridized carbons (Fsp3) is 0.478. The lowest BCUT2D eigenvalue weighted by molar-refractivity contribution is -0.131. The van der Waals surface area contributed by atoms with Crippen LogP contribution in [0.15, 0.2) is 47.7 Å². The molecule has 0 bridgehead atoms. The third-order valence-corrected chi connectivity index (χ3v) is 5.35. The standard InChI is InChI=1S/C23H33N7O2/c1-4-24-22(28(2)18-19-8-5-6-9-20(19)32-3)27-13-10-21(31)29-14-16-30(17-15-29)23-25-11-7-12-26-23/h5-9,11-12H,4,10,13-18H2,1-3H3,(H,24,27). The number of methoxy groups -OCH3 is 1. The molecule has 2 aromatic rings. The van der Waals surface area contributed by atoms with Gasteiger partial charge in [-0.3, -0.25) is 9.79 Å². The van der Waals surface area contributed by atoms with Crippen molar-refractivity contribution in [3.8, 4) is 5.75 Å². The normalized spacial score (nSPS) is 14.3. The molecule has 172 valence electrons. The first-order chi connectivity index (χ1) is 15.6. The second-order valence-corrected chi connectivity index (χ2v) is 7.57. The average Bonchev–Trinajstić information content (AvgIpc) is 2.84. The van der Waals surface area contributed by atoms with Crippen LogP contribution in [0.5, 0.6) is 5.75 Å². The van der Waals surface area contributed by atoms with Gasteiger partial charge in [-0.1, -0.05) is 18.2 Å². The summed E-state index contributed by atoms with van der Waals surface area (Å²) in [6, 6.07) is 9.76. The van der Waals surface area contributed by atoms with E-state index in [0.717, 1.165) is 42.9 Å². The Labute approximate surface area is 190 Å². The minimum Gasteiger partial charge on any atom is -0.496 e. The van der Waals surface area contributed by atoms with E-state index < -0.39 is 0 Å². The van der Waals surface area contributed by atoms with Gasteiger partial charge in [-0.05, 0) is 19.1 Å². The van der Waals surface area contributed by atoms with Crippen molar-refractivity contribution in [3.05, 3.63) is 48.3 Å². The molecule has 0 aliphatic carbocycles. The number of aliphatic imine (C=N–C) groups is 1. The quantitative estimate of drug-likeness (QED) is 0.494. The Morgan fingerprint density at radius 2 is 1.88 bits per heavy atom. The first kappa shape index (κ1) is 23.3. The van der Waals surface area contributed by atoms with E-state index in [4.69, 9.17) is 4.74 Å². The second kappa shape index (κ2) is 11.9. The van der Waals surface area contributed by atoms with Gasteiger partial charge in [-0.25, -0.2) is 9.97 Å². The first-order valence-electron chi connectivity index (χ1n) is 11.0. The number of anilines is 1. The molecule has 0 atom stereocenters. The van der Waals surface area contributed by atoms with Gasteiger partial charge >= 0.3 is 0 Å². The highest BCUT2D eigenvalue weighted by molar-refractivity contribution is 5.81. The van der Waals surface area contributed by atoms with Crippen LogP contribution in [0, 0.1) is 0 Å². The molecule has 9 nitrogen and oxygen atoms in total. The minimum absolute atomic E-state index is 0.130. The van der Waals surface area contributed by atoms with Crippen molar-refractivity contribution >= 4 is 17.8 Å². The van der Waals surface area contributed by atoms with Crippen molar-refractivity contribution in [3.63, 3.8) is 0 Å². The lowest BCUT2D eigenvalue weighted by Crippen LogP contribution is -2.49. The molecule has 0 spiro atoms. The number of amides is 1. The van der Waals surface area contributed by atoms with E-state index in [1.54, 1.807) is 25.6 Å². The molecule has 2 heterocycles. The van der Waals surface area contributed by atoms with Crippen molar-refractivity contribution in [2.45, 2.75) is 19.9 Å². The topological polar surface area (TPSA) is 86.2 Å². The average molecular weight is 440 g/mol. The number of carbonyl (C=O) groups excluding carboxylic acids is 1. The molecule has 1 aromatic heterocycles. The summed E-state index contributed by atoms with van der Waals surface area (Å²) in [6.45, 7) is 6.72. The fourth-order valence-electron chi connectivity index (χ4n) is 3.66. The van der Waals surface area contributed by atoms with Crippen LogP contribution in [-0.4, -0.2) is 85.1 Å². The summed E-state index contributed by atoms with van der Waals surface area (Å²) in [6.07, 6.45) is 3.87. The van der Waals surface area contributed by atoms with Crippen LogP contribution in [0.3, 0.4) is 0 Å². The minimum atomic E-state index is 0.130. The molecule has 3 rings (SSSR count). The Hall–Kier alpha value is -3.36. The molecule has 1 aliphatic heterocycles. The van der Waals surface area contributed by atoms with E-state index in [1.165, 1.54) is 0 Å². The number of carbonyl (C=O) groups is 1. The predicted octanol–water partition coefficient (Wildman–Crippen LogP) is 1.62. The highest BCUT2D eigenvalue weighted by Gasteiger charge is 2.22. The zero-order chi connectivity index (χ0) is 22.8. The number of guanidine groups is 1. The Morgan fingerprint density at radius 3 is 2.56 bits per heavy atom. The smallest absolute Gasteiger partial charge is 0.225 e. The van der Waals surface area contributed by atoms with E-state index in [2.05, 4.69) is 25.2 Å². The number of hydrogen-bond donors (Lipinski definition) is 1. The number of hydrogen-bond acceptors (Lipinski definition) is 6. The van der Waals surface area contributed by atoms with Crippen LogP contribution in [0.25, 0.3) is 0 Å². The summed E-state index contributed by atoms with van der Waals surface area (Å²) >= 11 is 0. The Balaban J connectivity index is 1.50. The molecule has 1 aliphatic rings. The lowest BCUT2D eigenvalue weighted by atomic mass is 10.2. The summed E-state index contributed by atoms with van der Waals surface area (Å²) in [5, 5.41) is 3.31. The van der Waals surface area contributed by atoms with Crippen molar-refractivity contribution in [1.82, 2.24) is 25.1 Å². The highest BCUT2D eigenvalue weighted by atomic mass is 16.5. The van der Waals surface area contributed by atoms with E-state index in [0.29, 0.717) is 32.6 Å². The van der Waals surface area contributed by atoms with Crippen LogP contribution < -0.4 is 15.0 Å². The molecule has 32 heavy (non-hydrogen) atoms. The van der Waals surface area contributed by atoms with Crippen LogP contribution >= 0.6 is 0 Å². The predicted molar refractivity (Wildman–Crippen MR) is 126 cm³/mol. The molecule has 0 unspecified atom stereocenters. The van der Waals surface area contributed by atoms with E-state index in [-0.39, 0.29) is 5.91 Å². The van der Waals surface area contributed by atoms with Crippen LogP contribution in [0.1, 0.15) is 18.9 Å². The highest BCUT2D eigenvalue weighted by Crippen LogP contribution is 2.18. The van der Waals surface area contributed by atoms with Crippen molar-refractivity contribution < 1.29 is 9.53 Å². The van der Waals surface area contributed by atoms with Gasteiger partial charge in [0, 0.05) is 70.7 Å². The number of para-hydroxylation sites is 1. The molecular formula is C23H33N7O2. The summed E-state index contributed by atoms with van der Waals surface area (Å²) in [5.41, 5.74) is 1.08. The zero-order valence-electron chi connectivity index (χ0n) is 19.2. The third kappa shape index (κ3) is 6.32. The van der Waals surface area contributed by atoms with Crippen molar-refractivity contribution in [1.29, 1.82) is 0 Å². The van der Waals surface area contributed by atoms with Gasteiger partial charge in [0.05, 0.1) is 13.7 Å². The largest absolute Gasteiger partial charge is 0.496 e. The molecule has 0 saturated carbocycles. The number of benzene rings is 1. The molecular weight excluding hydrogens is 406 g/mol. The summed E-state index contributed by atoms with van der Waals surface area (Å²) in [5.74, 6) is 2.48. The molecule has 0 radical (unpaired) electrons. The first-order valence-corrected chi connectivity index (χ1v) is 11.0. The van der Waals surface area contributed by atoms with Gasteiger partial charge in [-0.2, -0.15) is 0 Å². The number of piperazine rings is 1. The van der Waals surface area contributed by atoms with E-state index in [1.807, 2.05) is 48.0 Å². The monoisotopic (exact) mass is 439 g/mol. The molecule has 1 aromatic carbocycles. The van der Waals surface area contributed by atoms with Gasteiger partial charge < -0.3 is 24.8 Å². The number of nitrogens with zero attached hydrogens (tertiary/aromatic N) is 6. The van der Waals surface area contributed by atoms with Gasteiger partial charge in [-0.15, -0.1) is 0 Å². The summed E-state index contributed by atoms with van der Waals surface area (Å²) in [7, 11) is 3.66. The van der Waals surface area contributed by atoms with Crippen molar-refractivity contribution in [2.75, 3.05) is 58.3 Å². The molecule has 1 saturated heterocycles. The summed E-state index contributed by atoms with van der Waals surface area (Å²) < 4.78 is 5.45. The fourth-order valence-corrected chi connectivity index (χ4v) is 3.66. The maximum absolute atomic E-state index is 12.7. The molecule has 1 N–H and O–H groups in total. The lowest BCUT2D eigenvalue weighted by Gasteiger charge is -2.34. The van der Waals surface area contributed by atoms with Crippen LogP contribution in [0.2, 0.25) is 0 Å². The van der Waals surface area contributed by atoms with E-state index >= 15 is 0 Å². The van der Waals surface area contributed by atoms with Gasteiger partial charge in [0.15, 0.2) is 5.96 Å². The second-order valence-electron chi connectivity index (χ2n) is 7.57.